The second-order valence-corrected chi connectivity index (χ2v) is 5.93. The van der Waals surface area contributed by atoms with Crippen LogP contribution in [0.5, 0.6) is 0 Å². The van der Waals surface area contributed by atoms with Crippen LogP contribution in [-0.2, 0) is 11.2 Å². The standard InChI is InChI=1S/C20H14O5/c1-11-19-15(16(10-24-19)12-5-3-2-4-6-12)9-14-13(7-17(21)22)8-18(23)25-20(11)14/h2-6,8-10H,7H2,1H3,(H,21,22). The lowest BCUT2D eigenvalue weighted by atomic mass is 9.98. The van der Waals surface area contributed by atoms with Crippen LogP contribution in [0.2, 0.25) is 0 Å². The number of hydrogen-bond donors (Lipinski definition) is 1. The minimum Gasteiger partial charge on any atom is -0.481 e. The number of furan rings is 1. The van der Waals surface area contributed by atoms with E-state index in [2.05, 4.69) is 0 Å². The molecule has 0 bridgehead atoms. The quantitative estimate of drug-likeness (QED) is 0.569. The van der Waals surface area contributed by atoms with E-state index in [4.69, 9.17) is 13.9 Å². The highest BCUT2D eigenvalue weighted by Crippen LogP contribution is 2.36. The van der Waals surface area contributed by atoms with Gasteiger partial charge in [-0.15, -0.1) is 0 Å². The van der Waals surface area contributed by atoms with Gasteiger partial charge in [-0.25, -0.2) is 4.79 Å². The molecule has 0 fully saturated rings. The van der Waals surface area contributed by atoms with Crippen LogP contribution in [0.1, 0.15) is 11.1 Å². The SMILES string of the molecule is Cc1c2oc(=O)cc(CC(=O)O)c2cc2c(-c3ccccc3)coc12. The van der Waals surface area contributed by atoms with Gasteiger partial charge in [0.15, 0.2) is 0 Å². The van der Waals surface area contributed by atoms with E-state index in [1.165, 1.54) is 6.07 Å². The van der Waals surface area contributed by atoms with Crippen LogP contribution in [0.25, 0.3) is 33.1 Å². The molecule has 5 nitrogen and oxygen atoms in total. The Labute approximate surface area is 142 Å². The maximum Gasteiger partial charge on any atom is 0.336 e. The normalized spacial score (nSPS) is 11.2. The lowest BCUT2D eigenvalue weighted by Gasteiger charge is -2.07. The molecule has 0 saturated heterocycles. The van der Waals surface area contributed by atoms with Gasteiger partial charge in [0.2, 0.25) is 0 Å². The molecule has 4 aromatic rings. The molecule has 0 amide bonds. The number of aryl methyl sites for hydroxylation is 1. The van der Waals surface area contributed by atoms with Crippen molar-refractivity contribution in [2.45, 2.75) is 13.3 Å². The van der Waals surface area contributed by atoms with Crippen LogP contribution in [0.15, 0.2) is 62.4 Å². The molecule has 2 aromatic carbocycles. The van der Waals surface area contributed by atoms with Crippen molar-refractivity contribution in [3.63, 3.8) is 0 Å². The summed E-state index contributed by atoms with van der Waals surface area (Å²) in [4.78, 5) is 23.0. The number of carbonyl (C=O) groups is 1. The van der Waals surface area contributed by atoms with Crippen molar-refractivity contribution in [1.82, 2.24) is 0 Å². The van der Waals surface area contributed by atoms with E-state index in [9.17, 15) is 9.59 Å². The Morgan fingerprint density at radius 1 is 1.08 bits per heavy atom. The molecule has 0 atom stereocenters. The highest BCUT2D eigenvalue weighted by Gasteiger charge is 2.18. The topological polar surface area (TPSA) is 80.7 Å². The largest absolute Gasteiger partial charge is 0.481 e. The molecule has 25 heavy (non-hydrogen) atoms. The first kappa shape index (κ1) is 15.2. The van der Waals surface area contributed by atoms with Gasteiger partial charge in [0, 0.05) is 28.0 Å². The number of fused-ring (bicyclic) bond motifs is 2. The van der Waals surface area contributed by atoms with Crippen molar-refractivity contribution >= 4 is 27.9 Å². The Balaban J connectivity index is 2.09. The van der Waals surface area contributed by atoms with E-state index < -0.39 is 11.6 Å². The van der Waals surface area contributed by atoms with Crippen molar-refractivity contribution < 1.29 is 18.7 Å². The molecule has 5 heteroatoms. The van der Waals surface area contributed by atoms with Gasteiger partial charge in [0.1, 0.15) is 11.2 Å². The molecule has 0 aliphatic carbocycles. The molecule has 2 aromatic heterocycles. The summed E-state index contributed by atoms with van der Waals surface area (Å²) < 4.78 is 11.1. The fourth-order valence-electron chi connectivity index (χ4n) is 3.19. The molecule has 0 radical (unpaired) electrons. The maximum absolute atomic E-state index is 11.8. The monoisotopic (exact) mass is 334 g/mol. The van der Waals surface area contributed by atoms with Crippen molar-refractivity contribution in [1.29, 1.82) is 0 Å². The summed E-state index contributed by atoms with van der Waals surface area (Å²) in [7, 11) is 0. The minimum atomic E-state index is -1.000. The van der Waals surface area contributed by atoms with Crippen LogP contribution in [0.3, 0.4) is 0 Å². The van der Waals surface area contributed by atoms with E-state index in [-0.39, 0.29) is 6.42 Å². The lowest BCUT2D eigenvalue weighted by Crippen LogP contribution is -2.06. The zero-order chi connectivity index (χ0) is 17.6. The third kappa shape index (κ3) is 2.50. The molecule has 0 unspecified atom stereocenters. The average Bonchev–Trinajstić information content (AvgIpc) is 3.00. The lowest BCUT2D eigenvalue weighted by molar-refractivity contribution is -0.136. The van der Waals surface area contributed by atoms with Gasteiger partial charge in [0.05, 0.1) is 12.7 Å². The summed E-state index contributed by atoms with van der Waals surface area (Å²) in [5.41, 5.74) is 3.45. The van der Waals surface area contributed by atoms with E-state index >= 15 is 0 Å². The predicted octanol–water partition coefficient (Wildman–Crippen LogP) is 4.14. The van der Waals surface area contributed by atoms with E-state index in [0.717, 1.165) is 16.5 Å². The first-order valence-electron chi connectivity index (χ1n) is 7.79. The van der Waals surface area contributed by atoms with E-state index in [1.54, 1.807) is 13.2 Å². The van der Waals surface area contributed by atoms with Gasteiger partial charge < -0.3 is 13.9 Å². The number of rotatable bonds is 3. The maximum atomic E-state index is 11.8. The Hall–Kier alpha value is -3.34. The van der Waals surface area contributed by atoms with Gasteiger partial charge in [-0.2, -0.15) is 0 Å². The van der Waals surface area contributed by atoms with Crippen molar-refractivity contribution in [2.24, 2.45) is 0 Å². The van der Waals surface area contributed by atoms with Crippen LogP contribution >= 0.6 is 0 Å². The van der Waals surface area contributed by atoms with Crippen molar-refractivity contribution in [3.05, 3.63) is 70.3 Å². The van der Waals surface area contributed by atoms with Crippen molar-refractivity contribution in [2.75, 3.05) is 0 Å². The molecule has 0 spiro atoms. The molecule has 0 aliphatic heterocycles. The molecule has 2 heterocycles. The Bertz CT molecular complexity index is 1170. The van der Waals surface area contributed by atoms with Crippen molar-refractivity contribution in [3.8, 4) is 11.1 Å². The summed E-state index contributed by atoms with van der Waals surface area (Å²) in [6.07, 6.45) is 1.42. The molecule has 0 aliphatic rings. The fourth-order valence-corrected chi connectivity index (χ4v) is 3.19. The highest BCUT2D eigenvalue weighted by atomic mass is 16.4. The zero-order valence-corrected chi connectivity index (χ0v) is 13.4. The van der Waals surface area contributed by atoms with Crippen LogP contribution in [0, 0.1) is 6.92 Å². The fraction of sp³-hybridized carbons (Fsp3) is 0.100. The third-order valence-electron chi connectivity index (χ3n) is 4.31. The van der Waals surface area contributed by atoms with Gasteiger partial charge >= 0.3 is 11.6 Å². The van der Waals surface area contributed by atoms with Gasteiger partial charge in [-0.3, -0.25) is 4.79 Å². The predicted molar refractivity (Wildman–Crippen MR) is 93.8 cm³/mol. The molecular formula is C20H14O5. The summed E-state index contributed by atoms with van der Waals surface area (Å²) in [5.74, 6) is -1.000. The minimum absolute atomic E-state index is 0.244. The molecular weight excluding hydrogens is 320 g/mol. The zero-order valence-electron chi connectivity index (χ0n) is 13.4. The Morgan fingerprint density at radius 3 is 2.56 bits per heavy atom. The number of hydrogen-bond acceptors (Lipinski definition) is 4. The molecule has 124 valence electrons. The van der Waals surface area contributed by atoms with Crippen LogP contribution in [0.4, 0.5) is 0 Å². The second kappa shape index (κ2) is 5.63. The van der Waals surface area contributed by atoms with E-state index in [0.29, 0.717) is 27.7 Å². The first-order chi connectivity index (χ1) is 12.0. The third-order valence-corrected chi connectivity index (χ3v) is 4.31. The average molecular weight is 334 g/mol. The second-order valence-electron chi connectivity index (χ2n) is 5.93. The van der Waals surface area contributed by atoms with Gasteiger partial charge in [-0.05, 0) is 24.1 Å². The number of carboxylic acids is 1. The Morgan fingerprint density at radius 2 is 1.84 bits per heavy atom. The first-order valence-corrected chi connectivity index (χ1v) is 7.79. The molecule has 1 N–H and O–H groups in total. The highest BCUT2D eigenvalue weighted by molar-refractivity contribution is 6.05. The molecule has 4 rings (SSSR count). The number of benzene rings is 2. The van der Waals surface area contributed by atoms with E-state index in [1.807, 2.05) is 36.4 Å². The molecule has 0 saturated carbocycles. The smallest absolute Gasteiger partial charge is 0.336 e. The summed E-state index contributed by atoms with van der Waals surface area (Å²) in [6, 6.07) is 12.9. The van der Waals surface area contributed by atoms with Gasteiger partial charge in [-0.1, -0.05) is 30.3 Å². The summed E-state index contributed by atoms with van der Waals surface area (Å²) in [6.45, 7) is 1.80. The van der Waals surface area contributed by atoms with Gasteiger partial charge in [0.25, 0.3) is 0 Å². The van der Waals surface area contributed by atoms with Crippen LogP contribution in [-0.4, -0.2) is 11.1 Å². The number of carboxylic acid groups (broad SMARTS) is 1. The number of aliphatic carboxylic acids is 1. The van der Waals surface area contributed by atoms with Crippen LogP contribution < -0.4 is 5.63 Å². The Kier molecular flexibility index (Phi) is 3.42. The summed E-state index contributed by atoms with van der Waals surface area (Å²) >= 11 is 0. The summed E-state index contributed by atoms with van der Waals surface area (Å²) in [5, 5.41) is 10.6.